The van der Waals surface area contributed by atoms with Crippen LogP contribution in [-0.2, 0) is 0 Å². The molecule has 0 aliphatic rings. The molecule has 0 fully saturated rings. The molecule has 0 saturated carbocycles. The highest BCUT2D eigenvalue weighted by Crippen LogP contribution is 2.40. The highest BCUT2D eigenvalue weighted by atomic mass is 15.1. The standard InChI is InChI=1S/C40H24N4/c1-2-17-31-25(12-1)30-18-11-23-36(43-32-19-7-3-13-26(32)27-14-4-8-20-33(27)43)38(30)40-39(31)42-37(24-41-40)44-34-21-9-5-15-28(34)29-16-6-10-22-35(29)44/h1-24H. The number of hydrogen-bond acceptors (Lipinski definition) is 2. The van der Waals surface area contributed by atoms with Crippen LogP contribution in [-0.4, -0.2) is 19.1 Å². The SMILES string of the molecule is c1ccc2c(c1)c1cccc(-n3c4ccccc4c4ccccc43)c1c1ncc(-n3c4ccccc4c4ccccc43)nc21. The van der Waals surface area contributed by atoms with E-state index in [0.717, 1.165) is 44.3 Å². The minimum atomic E-state index is 0.814. The Morgan fingerprint density at radius 1 is 0.364 bits per heavy atom. The van der Waals surface area contributed by atoms with Gasteiger partial charge in [0.2, 0.25) is 0 Å². The number of rotatable bonds is 2. The predicted molar refractivity (Wildman–Crippen MR) is 183 cm³/mol. The molecule has 204 valence electrons. The van der Waals surface area contributed by atoms with Gasteiger partial charge in [0.15, 0.2) is 5.82 Å². The molecule has 0 aliphatic carbocycles. The Morgan fingerprint density at radius 2 is 0.818 bits per heavy atom. The number of nitrogens with zero attached hydrogens (tertiary/aromatic N) is 4. The molecule has 10 aromatic rings. The summed E-state index contributed by atoms with van der Waals surface area (Å²) in [7, 11) is 0. The number of para-hydroxylation sites is 4. The van der Waals surface area contributed by atoms with Crippen molar-refractivity contribution in [3.05, 3.63) is 146 Å². The monoisotopic (exact) mass is 560 g/mol. The van der Waals surface area contributed by atoms with Crippen LogP contribution in [0.15, 0.2) is 146 Å². The molecule has 0 amide bonds. The van der Waals surface area contributed by atoms with Crippen LogP contribution >= 0.6 is 0 Å². The Kier molecular flexibility index (Phi) is 4.69. The van der Waals surface area contributed by atoms with Crippen molar-refractivity contribution >= 4 is 76.2 Å². The minimum absolute atomic E-state index is 0.814. The maximum Gasteiger partial charge on any atom is 0.156 e. The van der Waals surface area contributed by atoms with Gasteiger partial charge >= 0.3 is 0 Å². The maximum absolute atomic E-state index is 5.43. The lowest BCUT2D eigenvalue weighted by atomic mass is 9.98. The van der Waals surface area contributed by atoms with E-state index >= 15 is 0 Å². The fourth-order valence-electron chi connectivity index (χ4n) is 7.33. The summed E-state index contributed by atoms with van der Waals surface area (Å²) in [4.78, 5) is 10.7. The van der Waals surface area contributed by atoms with Gasteiger partial charge in [-0.15, -0.1) is 0 Å². The first kappa shape index (κ1) is 23.6. The molecule has 3 aromatic heterocycles. The van der Waals surface area contributed by atoms with Gasteiger partial charge in [0, 0.05) is 32.3 Å². The van der Waals surface area contributed by atoms with Crippen LogP contribution in [0.2, 0.25) is 0 Å². The molecule has 0 atom stereocenters. The third-order valence-electron chi connectivity index (χ3n) is 9.14. The van der Waals surface area contributed by atoms with Crippen molar-refractivity contribution in [3.8, 4) is 11.5 Å². The molecule has 0 spiro atoms. The lowest BCUT2D eigenvalue weighted by molar-refractivity contribution is 1.08. The summed E-state index contributed by atoms with van der Waals surface area (Å²) in [6.45, 7) is 0. The van der Waals surface area contributed by atoms with Crippen LogP contribution in [0.5, 0.6) is 0 Å². The molecule has 0 bridgehead atoms. The molecule has 0 radical (unpaired) electrons. The highest BCUT2D eigenvalue weighted by molar-refractivity contribution is 6.26. The van der Waals surface area contributed by atoms with E-state index in [9.17, 15) is 0 Å². The average Bonchev–Trinajstić information content (AvgIpc) is 3.61. The smallest absolute Gasteiger partial charge is 0.156 e. The Morgan fingerprint density at radius 3 is 1.39 bits per heavy atom. The molecular formula is C40H24N4. The lowest BCUT2D eigenvalue weighted by Gasteiger charge is -2.16. The third-order valence-corrected chi connectivity index (χ3v) is 9.14. The fourth-order valence-corrected chi connectivity index (χ4v) is 7.33. The van der Waals surface area contributed by atoms with Gasteiger partial charge in [0.05, 0.1) is 45.0 Å². The fraction of sp³-hybridized carbons (Fsp3) is 0. The second kappa shape index (κ2) is 8.76. The van der Waals surface area contributed by atoms with E-state index in [1.165, 1.54) is 43.4 Å². The van der Waals surface area contributed by atoms with Crippen molar-refractivity contribution in [3.63, 3.8) is 0 Å². The normalized spacial score (nSPS) is 12.1. The predicted octanol–water partition coefficient (Wildman–Crippen LogP) is 10.1. The maximum atomic E-state index is 5.43. The van der Waals surface area contributed by atoms with Gasteiger partial charge in [-0.3, -0.25) is 4.57 Å². The number of hydrogen-bond donors (Lipinski definition) is 0. The molecule has 0 aliphatic heterocycles. The van der Waals surface area contributed by atoms with Crippen molar-refractivity contribution in [1.29, 1.82) is 0 Å². The molecule has 3 heterocycles. The van der Waals surface area contributed by atoms with Crippen molar-refractivity contribution in [2.45, 2.75) is 0 Å². The van der Waals surface area contributed by atoms with Crippen LogP contribution in [0.1, 0.15) is 0 Å². The first-order valence-electron chi connectivity index (χ1n) is 14.9. The second-order valence-corrected chi connectivity index (χ2v) is 11.4. The van der Waals surface area contributed by atoms with Crippen LogP contribution in [0.4, 0.5) is 0 Å². The van der Waals surface area contributed by atoms with E-state index < -0.39 is 0 Å². The van der Waals surface area contributed by atoms with E-state index in [-0.39, 0.29) is 0 Å². The van der Waals surface area contributed by atoms with E-state index in [1.54, 1.807) is 0 Å². The zero-order valence-corrected chi connectivity index (χ0v) is 23.6. The molecule has 0 N–H and O–H groups in total. The molecule has 10 rings (SSSR count). The molecule has 7 aromatic carbocycles. The molecular weight excluding hydrogens is 536 g/mol. The van der Waals surface area contributed by atoms with Gasteiger partial charge in [0.25, 0.3) is 0 Å². The topological polar surface area (TPSA) is 35.6 Å². The quantitative estimate of drug-likeness (QED) is 0.197. The van der Waals surface area contributed by atoms with Crippen LogP contribution < -0.4 is 0 Å². The molecule has 4 nitrogen and oxygen atoms in total. The lowest BCUT2D eigenvalue weighted by Crippen LogP contribution is -2.01. The highest BCUT2D eigenvalue weighted by Gasteiger charge is 2.20. The van der Waals surface area contributed by atoms with Gasteiger partial charge in [-0.2, -0.15) is 0 Å². The van der Waals surface area contributed by atoms with Crippen LogP contribution in [0.25, 0.3) is 87.7 Å². The zero-order chi connectivity index (χ0) is 28.8. The minimum Gasteiger partial charge on any atom is -0.309 e. The Labute approximate surface area is 252 Å². The molecule has 4 heteroatoms. The van der Waals surface area contributed by atoms with Crippen LogP contribution in [0.3, 0.4) is 0 Å². The van der Waals surface area contributed by atoms with E-state index in [4.69, 9.17) is 9.97 Å². The summed E-state index contributed by atoms with van der Waals surface area (Å²) in [5.41, 5.74) is 7.52. The average molecular weight is 561 g/mol. The summed E-state index contributed by atoms with van der Waals surface area (Å²) in [6, 6.07) is 49.6. The summed E-state index contributed by atoms with van der Waals surface area (Å²) in [5.74, 6) is 0.814. The van der Waals surface area contributed by atoms with Gasteiger partial charge in [-0.1, -0.05) is 109 Å². The Hall–Kier alpha value is -6.00. The molecule has 0 unspecified atom stereocenters. The van der Waals surface area contributed by atoms with Crippen molar-refractivity contribution in [2.24, 2.45) is 0 Å². The van der Waals surface area contributed by atoms with Gasteiger partial charge in [-0.05, 0) is 41.1 Å². The first-order valence-corrected chi connectivity index (χ1v) is 14.9. The zero-order valence-electron chi connectivity index (χ0n) is 23.6. The van der Waals surface area contributed by atoms with E-state index in [1.807, 2.05) is 6.20 Å². The molecule has 0 saturated heterocycles. The Bertz CT molecular complexity index is 2660. The van der Waals surface area contributed by atoms with Crippen molar-refractivity contribution in [1.82, 2.24) is 19.1 Å². The second-order valence-electron chi connectivity index (χ2n) is 11.4. The van der Waals surface area contributed by atoms with E-state index in [0.29, 0.717) is 0 Å². The summed E-state index contributed by atoms with van der Waals surface area (Å²) in [6.07, 6.45) is 1.94. The van der Waals surface area contributed by atoms with Gasteiger partial charge in [-0.25, -0.2) is 9.97 Å². The largest absolute Gasteiger partial charge is 0.309 e. The number of fused-ring (bicyclic) bond motifs is 12. The summed E-state index contributed by atoms with van der Waals surface area (Å²) in [5, 5.41) is 9.45. The van der Waals surface area contributed by atoms with Crippen LogP contribution in [0, 0.1) is 0 Å². The van der Waals surface area contributed by atoms with Crippen molar-refractivity contribution < 1.29 is 0 Å². The number of benzene rings is 7. The first-order chi connectivity index (χ1) is 21.9. The van der Waals surface area contributed by atoms with Gasteiger partial charge in [0.1, 0.15) is 0 Å². The molecule has 44 heavy (non-hydrogen) atoms. The number of aromatic nitrogens is 4. The Balaban J connectivity index is 1.37. The van der Waals surface area contributed by atoms with E-state index in [2.05, 4.69) is 149 Å². The summed E-state index contributed by atoms with van der Waals surface area (Å²) >= 11 is 0. The van der Waals surface area contributed by atoms with Gasteiger partial charge < -0.3 is 4.57 Å². The third kappa shape index (κ3) is 3.06. The van der Waals surface area contributed by atoms with Crippen molar-refractivity contribution in [2.75, 3.05) is 0 Å². The summed E-state index contributed by atoms with van der Waals surface area (Å²) < 4.78 is 4.64.